The maximum atomic E-state index is 11.9. The van der Waals surface area contributed by atoms with E-state index in [9.17, 15) is 4.79 Å². The molecule has 0 radical (unpaired) electrons. The van der Waals surface area contributed by atoms with Crippen LogP contribution in [-0.2, 0) is 4.79 Å². The van der Waals surface area contributed by atoms with Crippen LogP contribution in [0.4, 0.5) is 0 Å². The molecule has 2 bridgehead atoms. The van der Waals surface area contributed by atoms with Gasteiger partial charge in [0.15, 0.2) is 0 Å². The summed E-state index contributed by atoms with van der Waals surface area (Å²) in [6.45, 7) is 0. The second-order valence-corrected chi connectivity index (χ2v) is 6.43. The first-order chi connectivity index (χ1) is 8.83. The van der Waals surface area contributed by atoms with Crippen LogP contribution in [0.15, 0.2) is 5.10 Å². The van der Waals surface area contributed by atoms with Crippen molar-refractivity contribution >= 4 is 12.1 Å². The van der Waals surface area contributed by atoms with Crippen LogP contribution in [0.3, 0.4) is 0 Å². The lowest BCUT2D eigenvalue weighted by molar-refractivity contribution is -0.125. The van der Waals surface area contributed by atoms with Gasteiger partial charge in [0, 0.05) is 12.1 Å². The molecule has 0 spiro atoms. The number of nitrogens with one attached hydrogen (secondary N) is 1. The molecule has 18 heavy (non-hydrogen) atoms. The van der Waals surface area contributed by atoms with E-state index in [1.54, 1.807) is 0 Å². The molecule has 0 aliphatic heterocycles. The molecule has 1 amide bonds. The minimum Gasteiger partial charge on any atom is -0.273 e. The van der Waals surface area contributed by atoms with Gasteiger partial charge in [-0.1, -0.05) is 25.7 Å². The van der Waals surface area contributed by atoms with E-state index >= 15 is 0 Å². The van der Waals surface area contributed by atoms with Gasteiger partial charge in [0.05, 0.1) is 0 Å². The molecule has 0 aromatic rings. The fraction of sp³-hybridized carbons (Fsp3) is 0.867. The van der Waals surface area contributed by atoms with Gasteiger partial charge < -0.3 is 0 Å². The van der Waals surface area contributed by atoms with Crippen molar-refractivity contribution in [3.05, 3.63) is 0 Å². The number of amides is 1. The highest BCUT2D eigenvalue weighted by Gasteiger charge is 2.38. The Morgan fingerprint density at radius 2 is 1.89 bits per heavy atom. The summed E-state index contributed by atoms with van der Waals surface area (Å²) in [5, 5.41) is 4.22. The minimum atomic E-state index is 0.147. The van der Waals surface area contributed by atoms with Crippen LogP contribution in [0.25, 0.3) is 0 Å². The van der Waals surface area contributed by atoms with E-state index in [2.05, 4.69) is 10.5 Å². The zero-order valence-electron chi connectivity index (χ0n) is 11.1. The van der Waals surface area contributed by atoms with E-state index < -0.39 is 0 Å². The molecule has 3 aliphatic carbocycles. The van der Waals surface area contributed by atoms with E-state index in [1.165, 1.54) is 44.9 Å². The third-order valence-corrected chi connectivity index (χ3v) is 5.21. The quantitative estimate of drug-likeness (QED) is 0.605. The van der Waals surface area contributed by atoms with Crippen LogP contribution in [0.2, 0.25) is 0 Å². The zero-order chi connectivity index (χ0) is 12.4. The first kappa shape index (κ1) is 12.2. The lowest BCUT2D eigenvalue weighted by atomic mass is 9.89. The van der Waals surface area contributed by atoms with Crippen LogP contribution in [0.1, 0.15) is 57.8 Å². The molecule has 3 atom stereocenters. The first-order valence-corrected chi connectivity index (χ1v) is 7.66. The topological polar surface area (TPSA) is 41.5 Å². The van der Waals surface area contributed by atoms with Gasteiger partial charge in [-0.3, -0.25) is 4.79 Å². The van der Waals surface area contributed by atoms with Gasteiger partial charge in [0.1, 0.15) is 0 Å². The monoisotopic (exact) mass is 248 g/mol. The Labute approximate surface area is 109 Å². The van der Waals surface area contributed by atoms with E-state index in [0.717, 1.165) is 24.7 Å². The van der Waals surface area contributed by atoms with E-state index in [0.29, 0.717) is 5.92 Å². The molecule has 3 fully saturated rings. The van der Waals surface area contributed by atoms with Crippen molar-refractivity contribution in [1.82, 2.24) is 5.43 Å². The minimum absolute atomic E-state index is 0.147. The Balaban J connectivity index is 1.44. The maximum absolute atomic E-state index is 11.9. The number of rotatable bonds is 3. The fourth-order valence-electron chi connectivity index (χ4n) is 4.13. The van der Waals surface area contributed by atoms with Crippen molar-refractivity contribution in [3.63, 3.8) is 0 Å². The summed E-state index contributed by atoms with van der Waals surface area (Å²) in [4.78, 5) is 11.9. The molecule has 0 heterocycles. The summed E-state index contributed by atoms with van der Waals surface area (Å²) in [5.41, 5.74) is 2.77. The lowest BCUT2D eigenvalue weighted by Gasteiger charge is -2.20. The zero-order valence-corrected chi connectivity index (χ0v) is 11.1. The summed E-state index contributed by atoms with van der Waals surface area (Å²) in [5.74, 6) is 2.80. The number of hydrogen-bond acceptors (Lipinski definition) is 2. The van der Waals surface area contributed by atoms with Crippen molar-refractivity contribution in [1.29, 1.82) is 0 Å². The van der Waals surface area contributed by atoms with Crippen molar-refractivity contribution in [3.8, 4) is 0 Å². The summed E-state index contributed by atoms with van der Waals surface area (Å²) in [6, 6.07) is 0. The predicted molar refractivity (Wildman–Crippen MR) is 72.1 cm³/mol. The number of nitrogens with zero attached hydrogens (tertiary/aromatic N) is 1. The highest BCUT2D eigenvalue weighted by molar-refractivity contribution is 5.79. The third kappa shape index (κ3) is 2.60. The number of hydrazone groups is 1. The smallest absolute Gasteiger partial charge is 0.243 e. The maximum Gasteiger partial charge on any atom is 0.243 e. The van der Waals surface area contributed by atoms with Crippen LogP contribution in [0.5, 0.6) is 0 Å². The Morgan fingerprint density at radius 1 is 1.06 bits per heavy atom. The highest BCUT2D eigenvalue weighted by atomic mass is 16.2. The number of carbonyl (C=O) groups is 1. The Bertz CT molecular complexity index is 333. The molecule has 0 aromatic carbocycles. The summed E-state index contributed by atoms with van der Waals surface area (Å²) < 4.78 is 0. The van der Waals surface area contributed by atoms with Gasteiger partial charge in [0.25, 0.3) is 0 Å². The Hall–Kier alpha value is -0.860. The molecule has 1 N–H and O–H groups in total. The van der Waals surface area contributed by atoms with Gasteiger partial charge in [-0.05, 0) is 49.9 Å². The highest BCUT2D eigenvalue weighted by Crippen LogP contribution is 2.47. The van der Waals surface area contributed by atoms with Crippen molar-refractivity contribution in [2.45, 2.75) is 57.8 Å². The van der Waals surface area contributed by atoms with Crippen LogP contribution >= 0.6 is 0 Å². The fourth-order valence-corrected chi connectivity index (χ4v) is 4.13. The average Bonchev–Trinajstić information content (AvgIpc) is 3.02. The second-order valence-electron chi connectivity index (χ2n) is 6.43. The molecule has 3 rings (SSSR count). The van der Waals surface area contributed by atoms with E-state index in [1.807, 2.05) is 6.21 Å². The van der Waals surface area contributed by atoms with Crippen molar-refractivity contribution in [2.24, 2.45) is 28.8 Å². The summed E-state index contributed by atoms with van der Waals surface area (Å²) in [6.07, 6.45) is 13.3. The standard InChI is InChI=1S/C15H24N2O/c18-15(12-4-2-1-3-5-12)17-16-10-14-9-11-6-7-13(14)8-11/h10-14H,1-9H2,(H,17,18)/b16-10-/t11-,13+,14-/m1/s1. The number of hydrogen-bond donors (Lipinski definition) is 1. The van der Waals surface area contributed by atoms with Gasteiger partial charge in [-0.25, -0.2) is 5.43 Å². The van der Waals surface area contributed by atoms with Gasteiger partial charge in [0.2, 0.25) is 5.91 Å². The second kappa shape index (κ2) is 5.41. The van der Waals surface area contributed by atoms with Gasteiger partial charge >= 0.3 is 0 Å². The number of fused-ring (bicyclic) bond motifs is 2. The predicted octanol–water partition coefficient (Wildman–Crippen LogP) is 3.10. The molecular formula is C15H24N2O. The van der Waals surface area contributed by atoms with Gasteiger partial charge in [-0.15, -0.1) is 0 Å². The third-order valence-electron chi connectivity index (χ3n) is 5.21. The van der Waals surface area contributed by atoms with E-state index in [-0.39, 0.29) is 11.8 Å². The molecule has 100 valence electrons. The molecule has 3 saturated carbocycles. The molecule has 3 nitrogen and oxygen atoms in total. The lowest BCUT2D eigenvalue weighted by Crippen LogP contribution is -2.29. The SMILES string of the molecule is O=C(N/N=C\[C@H]1C[C@@H]2CC[C@H]1C2)C1CCCCC1. The normalized spacial score (nSPS) is 36.3. The van der Waals surface area contributed by atoms with Crippen molar-refractivity contribution in [2.75, 3.05) is 0 Å². The Morgan fingerprint density at radius 3 is 2.56 bits per heavy atom. The average molecular weight is 248 g/mol. The first-order valence-electron chi connectivity index (χ1n) is 7.66. The largest absolute Gasteiger partial charge is 0.273 e. The van der Waals surface area contributed by atoms with Gasteiger partial charge in [-0.2, -0.15) is 5.10 Å². The molecule has 3 aliphatic rings. The van der Waals surface area contributed by atoms with E-state index in [4.69, 9.17) is 0 Å². The molecule has 3 heteroatoms. The molecule has 0 saturated heterocycles. The molecular weight excluding hydrogens is 224 g/mol. The van der Waals surface area contributed by atoms with Crippen LogP contribution < -0.4 is 5.43 Å². The molecule has 0 aromatic heterocycles. The van der Waals surface area contributed by atoms with Crippen LogP contribution in [0, 0.1) is 23.7 Å². The molecule has 0 unspecified atom stereocenters. The van der Waals surface area contributed by atoms with Crippen LogP contribution in [-0.4, -0.2) is 12.1 Å². The number of carbonyl (C=O) groups excluding carboxylic acids is 1. The van der Waals surface area contributed by atoms with Crippen molar-refractivity contribution < 1.29 is 4.79 Å². The summed E-state index contributed by atoms with van der Waals surface area (Å²) in [7, 11) is 0. The Kier molecular flexibility index (Phi) is 3.67. The summed E-state index contributed by atoms with van der Waals surface area (Å²) >= 11 is 0.